The quantitative estimate of drug-likeness (QED) is 0.764. The number of phenolic OH excluding ortho intramolecular Hbond substituents is 1. The molecule has 3 aromatic rings. The van der Waals surface area contributed by atoms with Crippen LogP contribution in [0.25, 0.3) is 10.1 Å². The number of halogens is 1. The van der Waals surface area contributed by atoms with Crippen LogP contribution in [0.4, 0.5) is 10.2 Å². The molecular weight excluding hydrogens is 263 g/mol. The number of phenols is 1. The monoisotopic (exact) mass is 274 g/mol. The molecule has 5 heteroatoms. The van der Waals surface area contributed by atoms with E-state index in [1.807, 2.05) is 24.3 Å². The van der Waals surface area contributed by atoms with E-state index in [2.05, 4.69) is 9.69 Å². The lowest BCUT2D eigenvalue weighted by Gasteiger charge is -2.05. The molecule has 0 bridgehead atoms. The molecule has 0 aliphatic carbocycles. The molecule has 0 aliphatic heterocycles. The summed E-state index contributed by atoms with van der Waals surface area (Å²) in [5, 5.41) is 13.6. The zero-order chi connectivity index (χ0) is 13.2. The first-order valence-electron chi connectivity index (χ1n) is 5.80. The van der Waals surface area contributed by atoms with Crippen molar-refractivity contribution in [3.8, 4) is 5.75 Å². The summed E-state index contributed by atoms with van der Waals surface area (Å²) in [6.07, 6.45) is 0. The molecule has 19 heavy (non-hydrogen) atoms. The van der Waals surface area contributed by atoms with Gasteiger partial charge in [-0.05, 0) is 41.4 Å². The van der Waals surface area contributed by atoms with Crippen molar-refractivity contribution < 1.29 is 9.50 Å². The fraction of sp³-hybridized carbons (Fsp3) is 0.0714. The molecule has 0 radical (unpaired) electrons. The Kier molecular flexibility index (Phi) is 3.05. The Bertz CT molecular complexity index is 726. The maximum absolute atomic E-state index is 12.9. The van der Waals surface area contributed by atoms with Crippen molar-refractivity contribution in [1.82, 2.24) is 4.37 Å². The van der Waals surface area contributed by atoms with Gasteiger partial charge in [0.15, 0.2) is 11.6 Å². The Morgan fingerprint density at radius 3 is 2.89 bits per heavy atom. The van der Waals surface area contributed by atoms with Crippen LogP contribution in [-0.2, 0) is 6.54 Å². The number of nitrogens with zero attached hydrogens (tertiary/aromatic N) is 1. The van der Waals surface area contributed by atoms with Gasteiger partial charge >= 0.3 is 0 Å². The first-order valence-corrected chi connectivity index (χ1v) is 6.57. The van der Waals surface area contributed by atoms with Gasteiger partial charge in [-0.2, -0.15) is 4.37 Å². The summed E-state index contributed by atoms with van der Waals surface area (Å²) in [7, 11) is 0. The molecule has 0 aliphatic rings. The van der Waals surface area contributed by atoms with Crippen molar-refractivity contribution in [2.75, 3.05) is 5.32 Å². The van der Waals surface area contributed by atoms with Gasteiger partial charge in [-0.25, -0.2) is 4.39 Å². The molecule has 2 aromatic carbocycles. The summed E-state index contributed by atoms with van der Waals surface area (Å²) in [4.78, 5) is 0. The number of aromatic hydroxyl groups is 1. The lowest BCUT2D eigenvalue weighted by Crippen LogP contribution is -1.99. The highest BCUT2D eigenvalue weighted by atomic mass is 32.1. The number of aromatic nitrogens is 1. The molecule has 1 heterocycles. The van der Waals surface area contributed by atoms with E-state index in [4.69, 9.17) is 0 Å². The Balaban J connectivity index is 1.80. The summed E-state index contributed by atoms with van der Waals surface area (Å²) in [6.45, 7) is 0.488. The highest BCUT2D eigenvalue weighted by Gasteiger charge is 2.06. The molecule has 0 amide bonds. The first kappa shape index (κ1) is 11.9. The van der Waals surface area contributed by atoms with Crippen molar-refractivity contribution in [2.45, 2.75) is 6.54 Å². The Morgan fingerprint density at radius 2 is 2.05 bits per heavy atom. The van der Waals surface area contributed by atoms with E-state index in [9.17, 15) is 9.50 Å². The van der Waals surface area contributed by atoms with Crippen molar-refractivity contribution in [1.29, 1.82) is 0 Å². The first-order chi connectivity index (χ1) is 9.24. The minimum atomic E-state index is -0.608. The smallest absolute Gasteiger partial charge is 0.164 e. The molecule has 2 N–H and O–H groups in total. The standard InChI is InChI=1S/C14H11FN2OS/c15-11-6-5-9(7-12(11)18)8-16-14-10-3-1-2-4-13(10)19-17-14/h1-7,18H,8H2,(H,16,17). The summed E-state index contributed by atoms with van der Waals surface area (Å²) >= 11 is 1.43. The van der Waals surface area contributed by atoms with Crippen LogP contribution >= 0.6 is 11.5 Å². The molecule has 0 unspecified atom stereocenters. The average molecular weight is 274 g/mol. The molecule has 0 saturated carbocycles. The summed E-state index contributed by atoms with van der Waals surface area (Å²) in [5.41, 5.74) is 0.802. The number of fused-ring (bicyclic) bond motifs is 1. The van der Waals surface area contributed by atoms with Gasteiger partial charge in [-0.3, -0.25) is 0 Å². The fourth-order valence-corrected chi connectivity index (χ4v) is 2.62. The molecule has 0 atom stereocenters. The predicted octanol–water partition coefficient (Wildman–Crippen LogP) is 3.75. The Morgan fingerprint density at radius 1 is 1.21 bits per heavy atom. The van der Waals surface area contributed by atoms with Crippen molar-refractivity contribution in [3.05, 3.63) is 53.8 Å². The maximum atomic E-state index is 12.9. The van der Waals surface area contributed by atoms with Crippen LogP contribution in [0.3, 0.4) is 0 Å². The zero-order valence-corrected chi connectivity index (χ0v) is 10.7. The predicted molar refractivity (Wildman–Crippen MR) is 75.0 cm³/mol. The van der Waals surface area contributed by atoms with Crippen LogP contribution in [0.15, 0.2) is 42.5 Å². The normalized spacial score (nSPS) is 10.8. The van der Waals surface area contributed by atoms with Gasteiger partial charge in [0.2, 0.25) is 0 Å². The van der Waals surface area contributed by atoms with Gasteiger partial charge in [-0.1, -0.05) is 18.2 Å². The van der Waals surface area contributed by atoms with Crippen LogP contribution in [0.2, 0.25) is 0 Å². The molecule has 0 spiro atoms. The van der Waals surface area contributed by atoms with Crippen LogP contribution < -0.4 is 5.32 Å². The minimum Gasteiger partial charge on any atom is -0.505 e. The Labute approximate surface area is 113 Å². The lowest BCUT2D eigenvalue weighted by molar-refractivity contribution is 0.431. The van der Waals surface area contributed by atoms with E-state index >= 15 is 0 Å². The van der Waals surface area contributed by atoms with E-state index < -0.39 is 5.82 Å². The maximum Gasteiger partial charge on any atom is 0.164 e. The summed E-state index contributed by atoms with van der Waals surface area (Å²) < 4.78 is 18.4. The molecule has 1 aromatic heterocycles. The van der Waals surface area contributed by atoms with Crippen LogP contribution in [0.5, 0.6) is 5.75 Å². The molecular formula is C14H11FN2OS. The van der Waals surface area contributed by atoms with Crippen molar-refractivity contribution >= 4 is 27.4 Å². The number of nitrogens with one attached hydrogen (secondary N) is 1. The van der Waals surface area contributed by atoms with Crippen LogP contribution in [0, 0.1) is 5.82 Å². The SMILES string of the molecule is Oc1cc(CNc2nsc3ccccc23)ccc1F. The summed E-state index contributed by atoms with van der Waals surface area (Å²) in [6, 6.07) is 12.3. The van der Waals surface area contributed by atoms with Crippen molar-refractivity contribution in [2.24, 2.45) is 0 Å². The lowest BCUT2D eigenvalue weighted by atomic mass is 10.2. The number of anilines is 1. The van der Waals surface area contributed by atoms with E-state index in [0.717, 1.165) is 21.5 Å². The van der Waals surface area contributed by atoms with Gasteiger partial charge < -0.3 is 10.4 Å². The van der Waals surface area contributed by atoms with Gasteiger partial charge in [0.25, 0.3) is 0 Å². The molecule has 96 valence electrons. The topological polar surface area (TPSA) is 45.1 Å². The van der Waals surface area contributed by atoms with Crippen LogP contribution in [0.1, 0.15) is 5.56 Å². The zero-order valence-electron chi connectivity index (χ0n) is 9.93. The second kappa shape index (κ2) is 4.85. The van der Waals surface area contributed by atoms with E-state index in [0.29, 0.717) is 6.54 Å². The molecule has 3 rings (SSSR count). The van der Waals surface area contributed by atoms with Gasteiger partial charge in [0, 0.05) is 11.9 Å². The largest absolute Gasteiger partial charge is 0.505 e. The van der Waals surface area contributed by atoms with Gasteiger partial charge in [-0.15, -0.1) is 0 Å². The van der Waals surface area contributed by atoms with Crippen LogP contribution in [-0.4, -0.2) is 9.48 Å². The van der Waals surface area contributed by atoms with Crippen molar-refractivity contribution in [3.63, 3.8) is 0 Å². The second-order valence-corrected chi connectivity index (χ2v) is 4.97. The number of rotatable bonds is 3. The number of benzene rings is 2. The molecule has 0 saturated heterocycles. The highest BCUT2D eigenvalue weighted by Crippen LogP contribution is 2.26. The second-order valence-electron chi connectivity index (χ2n) is 4.17. The summed E-state index contributed by atoms with van der Waals surface area (Å²) in [5.74, 6) is -0.130. The Hall–Kier alpha value is -2.14. The third kappa shape index (κ3) is 2.37. The van der Waals surface area contributed by atoms with E-state index in [1.54, 1.807) is 6.07 Å². The number of hydrogen-bond donors (Lipinski definition) is 2. The van der Waals surface area contributed by atoms with Gasteiger partial charge in [0.05, 0.1) is 4.70 Å². The van der Waals surface area contributed by atoms with E-state index in [1.165, 1.54) is 23.7 Å². The van der Waals surface area contributed by atoms with E-state index in [-0.39, 0.29) is 5.75 Å². The number of hydrogen-bond acceptors (Lipinski definition) is 4. The molecule has 0 fully saturated rings. The fourth-order valence-electron chi connectivity index (χ4n) is 1.87. The average Bonchev–Trinajstić information content (AvgIpc) is 2.83. The molecule has 3 nitrogen and oxygen atoms in total. The third-order valence-electron chi connectivity index (χ3n) is 2.85. The van der Waals surface area contributed by atoms with Gasteiger partial charge in [0.1, 0.15) is 5.82 Å². The highest BCUT2D eigenvalue weighted by molar-refractivity contribution is 7.13. The minimum absolute atomic E-state index is 0.331. The third-order valence-corrected chi connectivity index (χ3v) is 3.67.